The van der Waals surface area contributed by atoms with E-state index in [9.17, 15) is 14.4 Å². The van der Waals surface area contributed by atoms with Gasteiger partial charge in [0, 0.05) is 31.4 Å². The fourth-order valence-corrected chi connectivity index (χ4v) is 3.03. The van der Waals surface area contributed by atoms with Gasteiger partial charge in [-0.25, -0.2) is 9.78 Å². The second-order valence-corrected chi connectivity index (χ2v) is 6.31. The van der Waals surface area contributed by atoms with Gasteiger partial charge in [0.2, 0.25) is 5.91 Å². The molecule has 8 nitrogen and oxygen atoms in total. The number of hydrogen-bond acceptors (Lipinski definition) is 4. The highest BCUT2D eigenvalue weighted by molar-refractivity contribution is 6.08. The molecule has 0 radical (unpaired) electrons. The zero-order valence-electron chi connectivity index (χ0n) is 13.3. The molecule has 2 aliphatic heterocycles. The lowest BCUT2D eigenvalue weighted by Crippen LogP contribution is -2.47. The van der Waals surface area contributed by atoms with Gasteiger partial charge in [0.25, 0.3) is 5.91 Å². The Labute approximate surface area is 134 Å². The number of nitrogens with one attached hydrogen (secondary N) is 2. The lowest BCUT2D eigenvalue weighted by molar-refractivity contribution is -0.134. The Bertz CT molecular complexity index is 655. The molecule has 0 bridgehead atoms. The summed E-state index contributed by atoms with van der Waals surface area (Å²) >= 11 is 0. The minimum atomic E-state index is -0.909. The first-order valence-electron chi connectivity index (χ1n) is 7.86. The molecule has 3 rings (SSSR count). The Hall–Kier alpha value is -2.38. The van der Waals surface area contributed by atoms with E-state index in [1.54, 1.807) is 13.1 Å². The summed E-state index contributed by atoms with van der Waals surface area (Å²) in [4.78, 5) is 41.6. The van der Waals surface area contributed by atoms with Gasteiger partial charge in [-0.05, 0) is 19.8 Å². The molecule has 0 saturated carbocycles. The highest BCUT2D eigenvalue weighted by Crippen LogP contribution is 2.20. The first-order valence-corrected chi connectivity index (χ1v) is 7.86. The standard InChI is InChI=1S/C15H21N5O3/c1-3-15(2)13(22)20(14(23)18-15)9-12(21)17-10-4-5-11-16-6-7-19(11)8-10/h6-7,10H,3-5,8-9H2,1-2H3,(H,17,21)(H,18,23). The average molecular weight is 319 g/mol. The van der Waals surface area contributed by atoms with Crippen LogP contribution in [0.1, 0.15) is 32.5 Å². The first kappa shape index (κ1) is 15.5. The van der Waals surface area contributed by atoms with E-state index in [0.29, 0.717) is 13.0 Å². The van der Waals surface area contributed by atoms with Crippen molar-refractivity contribution < 1.29 is 14.4 Å². The number of nitrogens with zero attached hydrogens (tertiary/aromatic N) is 3. The second-order valence-electron chi connectivity index (χ2n) is 6.31. The second kappa shape index (κ2) is 5.68. The van der Waals surface area contributed by atoms with Crippen LogP contribution in [0.15, 0.2) is 12.4 Å². The van der Waals surface area contributed by atoms with Gasteiger partial charge in [-0.2, -0.15) is 0 Å². The summed E-state index contributed by atoms with van der Waals surface area (Å²) in [5.74, 6) is 0.353. The number of urea groups is 1. The van der Waals surface area contributed by atoms with Crippen molar-refractivity contribution in [2.75, 3.05) is 6.54 Å². The molecule has 4 amide bonds. The molecule has 0 aliphatic carbocycles. The molecule has 0 spiro atoms. The topological polar surface area (TPSA) is 96.3 Å². The van der Waals surface area contributed by atoms with Crippen LogP contribution in [0, 0.1) is 0 Å². The molecule has 1 saturated heterocycles. The van der Waals surface area contributed by atoms with Crippen LogP contribution in [-0.2, 0) is 22.6 Å². The van der Waals surface area contributed by atoms with Crippen molar-refractivity contribution in [1.82, 2.24) is 25.1 Å². The Morgan fingerprint density at radius 2 is 2.30 bits per heavy atom. The molecule has 2 aliphatic rings. The third-order valence-electron chi connectivity index (χ3n) is 4.65. The van der Waals surface area contributed by atoms with Crippen LogP contribution in [0.5, 0.6) is 0 Å². The average Bonchev–Trinajstić information content (AvgIpc) is 3.06. The lowest BCUT2D eigenvalue weighted by Gasteiger charge is -2.25. The summed E-state index contributed by atoms with van der Waals surface area (Å²) in [5.41, 5.74) is -0.909. The Kier molecular flexibility index (Phi) is 3.83. The van der Waals surface area contributed by atoms with Crippen molar-refractivity contribution in [3.8, 4) is 0 Å². The van der Waals surface area contributed by atoms with Crippen LogP contribution in [0.25, 0.3) is 0 Å². The molecule has 1 aromatic rings. The minimum Gasteiger partial charge on any atom is -0.350 e. The first-order chi connectivity index (χ1) is 10.9. The maximum Gasteiger partial charge on any atom is 0.325 e. The number of fused-ring (bicyclic) bond motifs is 1. The van der Waals surface area contributed by atoms with Gasteiger partial charge in [0.15, 0.2) is 0 Å². The van der Waals surface area contributed by atoms with Crippen LogP contribution < -0.4 is 10.6 Å². The maximum absolute atomic E-state index is 12.3. The number of carbonyl (C=O) groups is 3. The highest BCUT2D eigenvalue weighted by atomic mass is 16.2. The third kappa shape index (κ3) is 2.80. The van der Waals surface area contributed by atoms with Gasteiger partial charge in [0.05, 0.1) is 0 Å². The monoisotopic (exact) mass is 319 g/mol. The number of rotatable bonds is 4. The number of imide groups is 1. The van der Waals surface area contributed by atoms with Crippen LogP contribution in [0.2, 0.25) is 0 Å². The van der Waals surface area contributed by atoms with Crippen LogP contribution in [-0.4, -0.2) is 50.4 Å². The quantitative estimate of drug-likeness (QED) is 0.766. The van der Waals surface area contributed by atoms with E-state index in [-0.39, 0.29) is 24.4 Å². The van der Waals surface area contributed by atoms with Gasteiger partial charge in [0.1, 0.15) is 17.9 Å². The molecule has 0 aromatic carbocycles. The van der Waals surface area contributed by atoms with Crippen LogP contribution in [0.3, 0.4) is 0 Å². The molecule has 1 aromatic heterocycles. The van der Waals surface area contributed by atoms with Gasteiger partial charge >= 0.3 is 6.03 Å². The zero-order chi connectivity index (χ0) is 16.6. The predicted octanol–water partition coefficient (Wildman–Crippen LogP) is 0.0346. The van der Waals surface area contributed by atoms with E-state index in [4.69, 9.17) is 0 Å². The highest BCUT2D eigenvalue weighted by Gasteiger charge is 2.47. The van der Waals surface area contributed by atoms with E-state index in [2.05, 4.69) is 15.6 Å². The summed E-state index contributed by atoms with van der Waals surface area (Å²) in [6, 6.07) is -0.516. The van der Waals surface area contributed by atoms with Crippen molar-refractivity contribution >= 4 is 17.8 Å². The van der Waals surface area contributed by atoms with Gasteiger partial charge in [-0.15, -0.1) is 0 Å². The van der Waals surface area contributed by atoms with Crippen LogP contribution >= 0.6 is 0 Å². The molecule has 2 N–H and O–H groups in total. The molecule has 2 unspecified atom stereocenters. The van der Waals surface area contributed by atoms with Crippen molar-refractivity contribution in [1.29, 1.82) is 0 Å². The van der Waals surface area contributed by atoms with E-state index < -0.39 is 11.6 Å². The lowest BCUT2D eigenvalue weighted by atomic mass is 9.99. The smallest absolute Gasteiger partial charge is 0.325 e. The van der Waals surface area contributed by atoms with E-state index in [1.807, 2.05) is 17.7 Å². The third-order valence-corrected chi connectivity index (χ3v) is 4.65. The number of imidazole rings is 1. The number of carbonyl (C=O) groups excluding carboxylic acids is 3. The molecule has 2 atom stereocenters. The van der Waals surface area contributed by atoms with Crippen molar-refractivity contribution in [2.45, 2.75) is 51.2 Å². The van der Waals surface area contributed by atoms with E-state index in [1.165, 1.54) is 0 Å². The summed E-state index contributed by atoms with van der Waals surface area (Å²) < 4.78 is 2.01. The summed E-state index contributed by atoms with van der Waals surface area (Å²) in [6.45, 7) is 3.92. The minimum absolute atomic E-state index is 0.0116. The fraction of sp³-hybridized carbons (Fsp3) is 0.600. The number of aryl methyl sites for hydroxylation is 1. The van der Waals surface area contributed by atoms with Gasteiger partial charge in [-0.1, -0.05) is 6.92 Å². The largest absolute Gasteiger partial charge is 0.350 e. The van der Waals surface area contributed by atoms with Gasteiger partial charge in [-0.3, -0.25) is 14.5 Å². The number of aromatic nitrogens is 2. The summed E-state index contributed by atoms with van der Waals surface area (Å²) in [6.07, 6.45) is 5.72. The molecular formula is C15H21N5O3. The summed E-state index contributed by atoms with van der Waals surface area (Å²) in [5, 5.41) is 5.54. The molecule has 8 heteroatoms. The van der Waals surface area contributed by atoms with E-state index in [0.717, 1.165) is 23.6 Å². The molecule has 1 fully saturated rings. The van der Waals surface area contributed by atoms with E-state index >= 15 is 0 Å². The number of amides is 4. The maximum atomic E-state index is 12.3. The SMILES string of the molecule is CCC1(C)NC(=O)N(CC(=O)NC2CCc3nccn3C2)C1=O. The van der Waals surface area contributed by atoms with Gasteiger partial charge < -0.3 is 15.2 Å². The molecule has 3 heterocycles. The summed E-state index contributed by atoms with van der Waals surface area (Å²) in [7, 11) is 0. The normalized spacial score (nSPS) is 26.9. The van der Waals surface area contributed by atoms with Crippen molar-refractivity contribution in [3.63, 3.8) is 0 Å². The Balaban J connectivity index is 1.58. The zero-order valence-corrected chi connectivity index (χ0v) is 13.3. The van der Waals surface area contributed by atoms with Crippen LogP contribution in [0.4, 0.5) is 4.79 Å². The number of hydrogen-bond donors (Lipinski definition) is 2. The Morgan fingerprint density at radius 1 is 1.52 bits per heavy atom. The molecule has 124 valence electrons. The predicted molar refractivity (Wildman–Crippen MR) is 81.4 cm³/mol. The van der Waals surface area contributed by atoms with Crippen molar-refractivity contribution in [3.05, 3.63) is 18.2 Å². The Morgan fingerprint density at radius 3 is 3.00 bits per heavy atom. The molecular weight excluding hydrogens is 298 g/mol. The molecule has 23 heavy (non-hydrogen) atoms. The van der Waals surface area contributed by atoms with Crippen molar-refractivity contribution in [2.24, 2.45) is 0 Å². The fourth-order valence-electron chi connectivity index (χ4n) is 3.03.